The van der Waals surface area contributed by atoms with Crippen molar-refractivity contribution in [2.24, 2.45) is 17.6 Å². The van der Waals surface area contributed by atoms with Crippen molar-refractivity contribution in [2.45, 2.75) is 51.7 Å². The van der Waals surface area contributed by atoms with E-state index >= 15 is 0 Å². The molecule has 0 aromatic rings. The predicted octanol–water partition coefficient (Wildman–Crippen LogP) is 1.06. The molecule has 0 radical (unpaired) electrons. The second kappa shape index (κ2) is 6.21. The lowest BCUT2D eigenvalue weighted by atomic mass is 9.82. The molecule has 0 spiro atoms. The first-order valence-corrected chi connectivity index (χ1v) is 6.09. The topological polar surface area (TPSA) is 72.5 Å². The van der Waals surface area contributed by atoms with E-state index in [1.54, 1.807) is 0 Å². The van der Waals surface area contributed by atoms with Crippen molar-refractivity contribution in [3.8, 4) is 0 Å². The summed E-state index contributed by atoms with van der Waals surface area (Å²) < 4.78 is 5.37. The van der Waals surface area contributed by atoms with Gasteiger partial charge in [-0.1, -0.05) is 13.8 Å². The Morgan fingerprint density at radius 1 is 1.38 bits per heavy atom. The van der Waals surface area contributed by atoms with Crippen LogP contribution in [-0.4, -0.2) is 29.8 Å². The summed E-state index contributed by atoms with van der Waals surface area (Å²) in [7, 11) is 0. The van der Waals surface area contributed by atoms with Crippen molar-refractivity contribution < 1.29 is 14.6 Å². The third-order valence-electron chi connectivity index (χ3n) is 3.16. The van der Waals surface area contributed by atoms with E-state index in [1.165, 1.54) is 6.42 Å². The first kappa shape index (κ1) is 13.5. The number of aliphatic hydroxyl groups is 1. The van der Waals surface area contributed by atoms with Crippen LogP contribution in [0.25, 0.3) is 0 Å². The van der Waals surface area contributed by atoms with E-state index in [9.17, 15) is 4.79 Å². The molecule has 0 aliphatic heterocycles. The number of hydrogen-bond acceptors (Lipinski definition) is 4. The van der Waals surface area contributed by atoms with E-state index in [-0.39, 0.29) is 25.1 Å². The summed E-state index contributed by atoms with van der Waals surface area (Å²) in [5, 5.41) is 8.69. The van der Waals surface area contributed by atoms with Gasteiger partial charge in [-0.25, -0.2) is 0 Å². The molecule has 4 nitrogen and oxygen atoms in total. The second-order valence-corrected chi connectivity index (χ2v) is 5.10. The van der Waals surface area contributed by atoms with Crippen LogP contribution in [0, 0.1) is 11.8 Å². The molecule has 0 amide bonds. The van der Waals surface area contributed by atoms with Gasteiger partial charge in [-0.15, -0.1) is 0 Å². The Balaban J connectivity index is 2.38. The lowest BCUT2D eigenvalue weighted by Crippen LogP contribution is -2.37. The van der Waals surface area contributed by atoms with Crippen molar-refractivity contribution >= 4 is 5.97 Å². The van der Waals surface area contributed by atoms with Crippen LogP contribution in [0.2, 0.25) is 0 Å². The van der Waals surface area contributed by atoms with Crippen LogP contribution >= 0.6 is 0 Å². The molecular weight excluding hydrogens is 206 g/mol. The van der Waals surface area contributed by atoms with E-state index < -0.39 is 6.04 Å². The van der Waals surface area contributed by atoms with E-state index in [0.717, 1.165) is 12.8 Å². The molecule has 0 saturated heterocycles. The third-order valence-corrected chi connectivity index (χ3v) is 3.16. The van der Waals surface area contributed by atoms with Gasteiger partial charge in [0.1, 0.15) is 12.1 Å². The number of nitrogens with two attached hydrogens (primary N) is 1. The van der Waals surface area contributed by atoms with Gasteiger partial charge in [-0.2, -0.15) is 0 Å². The van der Waals surface area contributed by atoms with E-state index in [0.29, 0.717) is 11.8 Å². The van der Waals surface area contributed by atoms with E-state index in [1.807, 2.05) is 0 Å². The quantitative estimate of drug-likeness (QED) is 0.707. The van der Waals surface area contributed by atoms with Gasteiger partial charge in [-0.3, -0.25) is 4.79 Å². The number of hydrogen-bond donors (Lipinski definition) is 2. The molecule has 16 heavy (non-hydrogen) atoms. The maximum absolute atomic E-state index is 11.6. The van der Waals surface area contributed by atoms with Crippen LogP contribution in [0.15, 0.2) is 0 Å². The molecule has 2 unspecified atom stereocenters. The lowest BCUT2D eigenvalue weighted by Gasteiger charge is -2.31. The largest absolute Gasteiger partial charge is 0.461 e. The Labute approximate surface area is 97.2 Å². The maximum atomic E-state index is 11.6. The van der Waals surface area contributed by atoms with Gasteiger partial charge < -0.3 is 15.6 Å². The first-order valence-electron chi connectivity index (χ1n) is 6.09. The average molecular weight is 229 g/mol. The molecule has 3 atom stereocenters. The molecule has 1 saturated carbocycles. The highest BCUT2D eigenvalue weighted by Gasteiger charge is 2.28. The van der Waals surface area contributed by atoms with Crippen LogP contribution in [0.4, 0.5) is 0 Å². The monoisotopic (exact) mass is 229 g/mol. The zero-order chi connectivity index (χ0) is 12.1. The van der Waals surface area contributed by atoms with Crippen molar-refractivity contribution in [3.63, 3.8) is 0 Å². The molecule has 94 valence electrons. The summed E-state index contributed by atoms with van der Waals surface area (Å²) in [6.45, 7) is 4.29. The third kappa shape index (κ3) is 4.10. The number of carbonyl (C=O) groups is 1. The highest BCUT2D eigenvalue weighted by atomic mass is 16.5. The summed E-state index contributed by atoms with van der Waals surface area (Å²) in [6, 6.07) is -0.683. The van der Waals surface area contributed by atoms with E-state index in [4.69, 9.17) is 15.6 Å². The van der Waals surface area contributed by atoms with Gasteiger partial charge >= 0.3 is 5.97 Å². The van der Waals surface area contributed by atoms with Gasteiger partial charge in [0.15, 0.2) is 0 Å². The molecule has 0 aromatic carbocycles. The fourth-order valence-electron chi connectivity index (χ4n) is 2.48. The number of aliphatic hydroxyl groups excluding tert-OH is 1. The Morgan fingerprint density at radius 2 is 1.94 bits per heavy atom. The number of ether oxygens (including phenoxy) is 1. The molecule has 3 N–H and O–H groups in total. The number of esters is 1. The molecule has 4 heteroatoms. The zero-order valence-corrected chi connectivity index (χ0v) is 10.2. The normalized spacial score (nSPS) is 32.1. The zero-order valence-electron chi connectivity index (χ0n) is 10.2. The average Bonchev–Trinajstić information content (AvgIpc) is 2.16. The summed E-state index contributed by atoms with van der Waals surface area (Å²) in [5.41, 5.74) is 5.58. The summed E-state index contributed by atoms with van der Waals surface area (Å²) in [5.74, 6) is 0.839. The Morgan fingerprint density at radius 3 is 2.44 bits per heavy atom. The molecule has 1 rings (SSSR count). The minimum atomic E-state index is -0.683. The molecule has 0 heterocycles. The van der Waals surface area contributed by atoms with Crippen LogP contribution < -0.4 is 5.73 Å². The molecule has 1 aliphatic rings. The summed E-state index contributed by atoms with van der Waals surface area (Å²) in [6.07, 6.45) is 3.35. The second-order valence-electron chi connectivity index (χ2n) is 5.10. The Bertz CT molecular complexity index is 222. The Kier molecular flexibility index (Phi) is 5.22. The standard InChI is InChI=1S/C12H23NO3/c1-8-5-9(2)7-10(6-8)16-12(15)11(13)3-4-14/h8-11,14H,3-7,13H2,1-2H3/t8?,9?,10?,11-/m1/s1. The SMILES string of the molecule is CC1CC(C)CC(OC(=O)[C@H](N)CCO)C1. The van der Waals surface area contributed by atoms with Crippen molar-refractivity contribution in [1.29, 1.82) is 0 Å². The summed E-state index contributed by atoms with van der Waals surface area (Å²) >= 11 is 0. The minimum Gasteiger partial charge on any atom is -0.461 e. The van der Waals surface area contributed by atoms with Crippen LogP contribution in [0.1, 0.15) is 39.5 Å². The molecule has 0 aromatic heterocycles. The van der Waals surface area contributed by atoms with Gasteiger partial charge in [0, 0.05) is 6.61 Å². The van der Waals surface area contributed by atoms with Crippen LogP contribution in [0.3, 0.4) is 0 Å². The lowest BCUT2D eigenvalue weighted by molar-refractivity contribution is -0.154. The fraction of sp³-hybridized carbons (Fsp3) is 0.917. The summed E-state index contributed by atoms with van der Waals surface area (Å²) in [4.78, 5) is 11.6. The maximum Gasteiger partial charge on any atom is 0.323 e. The van der Waals surface area contributed by atoms with Crippen LogP contribution in [0.5, 0.6) is 0 Å². The minimum absolute atomic E-state index is 0.0102. The highest BCUT2D eigenvalue weighted by Crippen LogP contribution is 2.30. The van der Waals surface area contributed by atoms with Gasteiger partial charge in [0.05, 0.1) is 0 Å². The number of rotatable bonds is 4. The molecule has 1 fully saturated rings. The van der Waals surface area contributed by atoms with Gasteiger partial charge in [0.25, 0.3) is 0 Å². The molecule has 0 bridgehead atoms. The van der Waals surface area contributed by atoms with Crippen molar-refractivity contribution in [2.75, 3.05) is 6.61 Å². The van der Waals surface area contributed by atoms with Crippen molar-refractivity contribution in [1.82, 2.24) is 0 Å². The first-order chi connectivity index (χ1) is 7.52. The number of carbonyl (C=O) groups excluding carboxylic acids is 1. The molecular formula is C12H23NO3. The van der Waals surface area contributed by atoms with Crippen molar-refractivity contribution in [3.05, 3.63) is 0 Å². The van der Waals surface area contributed by atoms with Crippen LogP contribution in [-0.2, 0) is 9.53 Å². The smallest absolute Gasteiger partial charge is 0.323 e. The fourth-order valence-corrected chi connectivity index (χ4v) is 2.48. The predicted molar refractivity (Wildman–Crippen MR) is 61.7 cm³/mol. The van der Waals surface area contributed by atoms with Gasteiger partial charge in [-0.05, 0) is 37.5 Å². The highest BCUT2D eigenvalue weighted by molar-refractivity contribution is 5.75. The Hall–Kier alpha value is -0.610. The van der Waals surface area contributed by atoms with Gasteiger partial charge in [0.2, 0.25) is 0 Å². The van der Waals surface area contributed by atoms with E-state index in [2.05, 4.69) is 13.8 Å². The molecule has 1 aliphatic carbocycles.